The number of benzene rings is 2. The first-order valence-electron chi connectivity index (χ1n) is 9.10. The molecular formula is C19H21ClN4O4S. The first kappa shape index (κ1) is 19.9. The van der Waals surface area contributed by atoms with E-state index in [0.717, 1.165) is 36.1 Å². The van der Waals surface area contributed by atoms with Gasteiger partial charge in [-0.2, -0.15) is 0 Å². The molecule has 0 spiro atoms. The Hall–Kier alpha value is -2.36. The lowest BCUT2D eigenvalue weighted by atomic mass is 9.86. The van der Waals surface area contributed by atoms with Crippen molar-refractivity contribution >= 4 is 38.3 Å². The number of ether oxygens (including phenoxy) is 1. The number of hydrogen-bond donors (Lipinski definition) is 1. The molecule has 10 heteroatoms. The number of aromatic nitrogens is 2. The average molecular weight is 437 g/mol. The highest BCUT2D eigenvalue weighted by Crippen LogP contribution is 2.37. The fourth-order valence-electron chi connectivity index (χ4n) is 3.79. The number of sulfonamides is 1. The van der Waals surface area contributed by atoms with E-state index in [4.69, 9.17) is 16.3 Å². The maximum atomic E-state index is 13.1. The number of rotatable bonds is 5. The molecule has 1 aliphatic rings. The number of halogens is 1. The normalized spacial score (nSPS) is 16.8. The van der Waals surface area contributed by atoms with E-state index < -0.39 is 10.0 Å². The summed E-state index contributed by atoms with van der Waals surface area (Å²) in [5.41, 5.74) is 2.83. The van der Waals surface area contributed by atoms with E-state index in [9.17, 15) is 8.42 Å². The van der Waals surface area contributed by atoms with E-state index in [2.05, 4.69) is 24.6 Å². The van der Waals surface area contributed by atoms with Crippen molar-refractivity contribution in [2.24, 2.45) is 0 Å². The largest absolute Gasteiger partial charge is 0.496 e. The molecule has 0 fully saturated rings. The Balaban J connectivity index is 1.75. The molecule has 4 rings (SSSR count). The fourth-order valence-corrected chi connectivity index (χ4v) is 5.20. The van der Waals surface area contributed by atoms with Crippen LogP contribution in [0.4, 0.5) is 5.69 Å². The maximum Gasteiger partial charge on any atom is 0.264 e. The van der Waals surface area contributed by atoms with Gasteiger partial charge >= 0.3 is 0 Å². The zero-order valence-corrected chi connectivity index (χ0v) is 17.8. The topological polar surface area (TPSA) is 97.6 Å². The summed E-state index contributed by atoms with van der Waals surface area (Å²) >= 11 is 6.05. The van der Waals surface area contributed by atoms with E-state index in [0.29, 0.717) is 11.7 Å². The zero-order valence-electron chi connectivity index (χ0n) is 16.3. The summed E-state index contributed by atoms with van der Waals surface area (Å²) in [5, 5.41) is 7.68. The molecule has 1 aromatic heterocycles. The minimum atomic E-state index is -3.93. The molecule has 0 bridgehead atoms. The molecule has 1 unspecified atom stereocenters. The lowest BCUT2D eigenvalue weighted by molar-refractivity contribution is 0.265. The van der Waals surface area contributed by atoms with Crippen LogP contribution in [0.5, 0.6) is 5.75 Å². The van der Waals surface area contributed by atoms with Gasteiger partial charge in [-0.05, 0) is 73.5 Å². The van der Waals surface area contributed by atoms with Crippen LogP contribution in [-0.4, -0.2) is 50.9 Å². The van der Waals surface area contributed by atoms with E-state index in [-0.39, 0.29) is 21.0 Å². The van der Waals surface area contributed by atoms with E-state index >= 15 is 0 Å². The molecule has 0 aliphatic heterocycles. The summed E-state index contributed by atoms with van der Waals surface area (Å²) in [6, 6.07) is 6.77. The van der Waals surface area contributed by atoms with Crippen LogP contribution >= 0.6 is 11.6 Å². The van der Waals surface area contributed by atoms with Gasteiger partial charge in [-0.15, -0.1) is 0 Å². The van der Waals surface area contributed by atoms with Crippen LogP contribution in [-0.2, 0) is 22.9 Å². The predicted molar refractivity (Wildman–Crippen MR) is 110 cm³/mol. The Morgan fingerprint density at radius 1 is 1.17 bits per heavy atom. The third-order valence-electron chi connectivity index (χ3n) is 5.37. The number of methoxy groups -OCH3 is 1. The van der Waals surface area contributed by atoms with Crippen molar-refractivity contribution in [3.63, 3.8) is 0 Å². The van der Waals surface area contributed by atoms with Gasteiger partial charge in [-0.3, -0.25) is 4.72 Å². The summed E-state index contributed by atoms with van der Waals surface area (Å²) in [5.74, 6) is 0.768. The van der Waals surface area contributed by atoms with Crippen molar-refractivity contribution < 1.29 is 17.8 Å². The lowest BCUT2D eigenvalue weighted by Crippen LogP contribution is -2.34. The van der Waals surface area contributed by atoms with Crippen LogP contribution in [0.2, 0.25) is 5.02 Å². The van der Waals surface area contributed by atoms with Gasteiger partial charge in [-0.25, -0.2) is 13.0 Å². The number of likely N-dealkylation sites (N-methyl/N-ethyl adjacent to an activating group) is 1. The molecule has 154 valence electrons. The predicted octanol–water partition coefficient (Wildman–Crippen LogP) is 3.10. The van der Waals surface area contributed by atoms with Gasteiger partial charge in [-0.1, -0.05) is 11.6 Å². The van der Waals surface area contributed by atoms with Crippen LogP contribution in [0.3, 0.4) is 0 Å². The summed E-state index contributed by atoms with van der Waals surface area (Å²) in [6.07, 6.45) is 2.47. The van der Waals surface area contributed by atoms with Crippen molar-refractivity contribution in [1.82, 2.24) is 15.2 Å². The number of fused-ring (bicyclic) bond motifs is 2. The Bertz CT molecular complexity index is 1180. The number of nitrogens with zero attached hydrogens (tertiary/aromatic N) is 3. The minimum Gasteiger partial charge on any atom is -0.496 e. The molecular weight excluding hydrogens is 416 g/mol. The minimum absolute atomic E-state index is 0.0373. The van der Waals surface area contributed by atoms with Gasteiger partial charge in [0.1, 0.15) is 10.6 Å². The summed E-state index contributed by atoms with van der Waals surface area (Å²) in [4.78, 5) is 2.14. The van der Waals surface area contributed by atoms with Gasteiger partial charge in [0.25, 0.3) is 10.0 Å². The van der Waals surface area contributed by atoms with Gasteiger partial charge in [0.05, 0.1) is 17.8 Å². The smallest absolute Gasteiger partial charge is 0.264 e. The average Bonchev–Trinajstić information content (AvgIpc) is 3.18. The molecule has 2 aromatic carbocycles. The van der Waals surface area contributed by atoms with Crippen LogP contribution in [0.1, 0.15) is 17.5 Å². The van der Waals surface area contributed by atoms with Gasteiger partial charge in [0.15, 0.2) is 11.0 Å². The second-order valence-corrected chi connectivity index (χ2v) is 9.30. The van der Waals surface area contributed by atoms with Crippen molar-refractivity contribution in [1.29, 1.82) is 0 Å². The second-order valence-electron chi connectivity index (χ2n) is 7.25. The van der Waals surface area contributed by atoms with Gasteiger partial charge in [0, 0.05) is 11.6 Å². The summed E-state index contributed by atoms with van der Waals surface area (Å²) in [7, 11) is 1.79. The first-order chi connectivity index (χ1) is 13.8. The quantitative estimate of drug-likeness (QED) is 0.656. The van der Waals surface area contributed by atoms with E-state index in [1.165, 1.54) is 12.1 Å². The van der Waals surface area contributed by atoms with Crippen molar-refractivity contribution in [3.8, 4) is 5.75 Å². The van der Waals surface area contributed by atoms with Crippen molar-refractivity contribution in [2.45, 2.75) is 30.2 Å². The Morgan fingerprint density at radius 2 is 1.93 bits per heavy atom. The first-order valence-corrected chi connectivity index (χ1v) is 11.0. The SMILES string of the molecule is COc1ccc(NS(=O)(=O)c2ccc(Cl)c3nonc23)c2c1CC(N(C)C)CC2. The van der Waals surface area contributed by atoms with Crippen molar-refractivity contribution in [2.75, 3.05) is 25.9 Å². The van der Waals surface area contributed by atoms with Gasteiger partial charge < -0.3 is 9.64 Å². The van der Waals surface area contributed by atoms with Crippen LogP contribution in [0.25, 0.3) is 11.0 Å². The number of nitrogens with one attached hydrogen (secondary N) is 1. The maximum absolute atomic E-state index is 13.1. The highest BCUT2D eigenvalue weighted by molar-refractivity contribution is 7.93. The van der Waals surface area contributed by atoms with E-state index in [1.807, 2.05) is 14.1 Å². The third-order valence-corrected chi connectivity index (χ3v) is 7.07. The van der Waals surface area contributed by atoms with E-state index in [1.54, 1.807) is 19.2 Å². The zero-order chi connectivity index (χ0) is 20.8. The molecule has 0 saturated carbocycles. The molecule has 0 radical (unpaired) electrons. The van der Waals surface area contributed by atoms with Gasteiger partial charge in [0.2, 0.25) is 0 Å². The highest BCUT2D eigenvalue weighted by atomic mass is 35.5. The standard InChI is InChI=1S/C19H21ClN4O4S/c1-24(2)11-4-5-12-13(10-11)16(27-3)8-7-15(12)23-29(25,26)17-9-6-14(20)18-19(17)22-28-21-18/h6-9,11,23H,4-5,10H2,1-3H3. The Morgan fingerprint density at radius 3 is 2.66 bits per heavy atom. The van der Waals surface area contributed by atoms with Crippen LogP contribution < -0.4 is 9.46 Å². The summed E-state index contributed by atoms with van der Waals surface area (Å²) in [6.45, 7) is 0. The van der Waals surface area contributed by atoms with Crippen LogP contribution in [0, 0.1) is 0 Å². The third kappa shape index (κ3) is 3.54. The monoisotopic (exact) mass is 436 g/mol. The Labute approximate surface area is 173 Å². The molecule has 1 N–H and O–H groups in total. The molecule has 0 saturated heterocycles. The summed E-state index contributed by atoms with van der Waals surface area (Å²) < 4.78 is 39.2. The second kappa shape index (κ2) is 7.47. The Kier molecular flexibility index (Phi) is 5.14. The highest BCUT2D eigenvalue weighted by Gasteiger charge is 2.28. The molecule has 1 heterocycles. The molecule has 0 amide bonds. The molecule has 1 aliphatic carbocycles. The molecule has 8 nitrogen and oxygen atoms in total. The number of hydrogen-bond acceptors (Lipinski definition) is 7. The molecule has 1 atom stereocenters. The molecule has 29 heavy (non-hydrogen) atoms. The molecule has 3 aromatic rings. The van der Waals surface area contributed by atoms with Crippen molar-refractivity contribution in [3.05, 3.63) is 40.4 Å². The lowest BCUT2D eigenvalue weighted by Gasteiger charge is -2.32. The fraction of sp³-hybridized carbons (Fsp3) is 0.368. The van der Waals surface area contributed by atoms with Crippen LogP contribution in [0.15, 0.2) is 33.8 Å². The number of anilines is 1.